The van der Waals surface area contributed by atoms with Gasteiger partial charge in [0.05, 0.1) is 6.54 Å². The van der Waals surface area contributed by atoms with Crippen molar-refractivity contribution < 1.29 is 23.8 Å². The van der Waals surface area contributed by atoms with Crippen molar-refractivity contribution in [2.45, 2.75) is 18.6 Å². The van der Waals surface area contributed by atoms with Gasteiger partial charge in [-0.25, -0.2) is 4.79 Å². The molecule has 108 valence electrons. The summed E-state index contributed by atoms with van der Waals surface area (Å²) >= 11 is 0. The number of carbonyl (C=O) groups is 2. The van der Waals surface area contributed by atoms with Crippen molar-refractivity contribution in [3.05, 3.63) is 29.8 Å². The molecule has 2 bridgehead atoms. The zero-order chi connectivity index (χ0) is 14.4. The van der Waals surface area contributed by atoms with Gasteiger partial charge in [0.15, 0.2) is 11.5 Å². The third-order valence-electron chi connectivity index (χ3n) is 3.92. The molecule has 3 aliphatic heterocycles. The van der Waals surface area contributed by atoms with E-state index < -0.39 is 6.04 Å². The average molecular weight is 287 g/mol. The molecule has 6 heteroatoms. The molecule has 0 radical (unpaired) electrons. The molecule has 0 saturated carbocycles. The number of hydrogen-bond donors (Lipinski definition) is 0. The number of carbonyl (C=O) groups excluding carboxylic acids is 2. The van der Waals surface area contributed by atoms with E-state index in [0.717, 1.165) is 5.56 Å². The molecular weight excluding hydrogens is 274 g/mol. The summed E-state index contributed by atoms with van der Waals surface area (Å²) < 4.78 is 15.6. The highest BCUT2D eigenvalue weighted by Crippen LogP contribution is 2.33. The lowest BCUT2D eigenvalue weighted by atomic mass is 10.2. The molecular formula is C15H13NO5. The first kappa shape index (κ1) is 12.3. The fourth-order valence-corrected chi connectivity index (χ4v) is 2.87. The minimum Gasteiger partial charge on any atom is -0.459 e. The highest BCUT2D eigenvalue weighted by atomic mass is 16.7. The molecule has 0 N–H and O–H groups in total. The lowest BCUT2D eigenvalue weighted by molar-refractivity contribution is -0.155. The van der Waals surface area contributed by atoms with Crippen LogP contribution < -0.4 is 9.47 Å². The molecule has 0 aromatic heterocycles. The van der Waals surface area contributed by atoms with Crippen molar-refractivity contribution in [1.29, 1.82) is 0 Å². The number of hydrogen-bond acceptors (Lipinski definition) is 5. The maximum absolute atomic E-state index is 12.2. The predicted molar refractivity (Wildman–Crippen MR) is 71.6 cm³/mol. The third kappa shape index (κ3) is 2.03. The van der Waals surface area contributed by atoms with Crippen molar-refractivity contribution in [2.75, 3.05) is 13.3 Å². The van der Waals surface area contributed by atoms with Crippen LogP contribution in [0.2, 0.25) is 0 Å². The standard InChI is InChI=1S/C15H13NO5/c17-14(16-7-10-6-11(16)15(18)21-10)4-2-9-1-3-12-13(5-9)20-8-19-12/h1-5,10-11H,6-8H2/b4-2+/t10-,11+/m1/s1. The number of ether oxygens (including phenoxy) is 3. The first-order valence-electron chi connectivity index (χ1n) is 6.79. The molecule has 1 aromatic rings. The Kier molecular flexibility index (Phi) is 2.63. The Balaban J connectivity index is 1.48. The van der Waals surface area contributed by atoms with E-state index in [9.17, 15) is 9.59 Å². The molecule has 0 spiro atoms. The van der Waals surface area contributed by atoms with Crippen LogP contribution in [-0.4, -0.2) is 42.3 Å². The Hall–Kier alpha value is -2.50. The molecule has 1 aromatic carbocycles. The number of rotatable bonds is 2. The second-order valence-electron chi connectivity index (χ2n) is 5.25. The van der Waals surface area contributed by atoms with Crippen molar-refractivity contribution in [2.24, 2.45) is 0 Å². The molecule has 21 heavy (non-hydrogen) atoms. The van der Waals surface area contributed by atoms with Crippen molar-refractivity contribution in [3.8, 4) is 11.5 Å². The molecule has 0 aliphatic carbocycles. The number of nitrogens with zero attached hydrogens (tertiary/aromatic N) is 1. The SMILES string of the molecule is O=C1O[C@@H]2C[C@@H]1N(C(=O)/C=C/c1ccc3c(c1)OCO3)C2. The second kappa shape index (κ2) is 4.51. The number of fused-ring (bicyclic) bond motifs is 3. The summed E-state index contributed by atoms with van der Waals surface area (Å²) in [5.41, 5.74) is 0.847. The van der Waals surface area contributed by atoms with Crippen LogP contribution in [0.4, 0.5) is 0 Å². The fraction of sp³-hybridized carbons (Fsp3) is 0.333. The second-order valence-corrected chi connectivity index (χ2v) is 5.25. The highest BCUT2D eigenvalue weighted by Gasteiger charge is 2.47. The maximum Gasteiger partial charge on any atom is 0.329 e. The molecule has 1 amide bonds. The van der Waals surface area contributed by atoms with Crippen molar-refractivity contribution in [3.63, 3.8) is 0 Å². The van der Waals surface area contributed by atoms with E-state index >= 15 is 0 Å². The van der Waals surface area contributed by atoms with E-state index in [0.29, 0.717) is 24.5 Å². The molecule has 6 nitrogen and oxygen atoms in total. The molecule has 2 saturated heterocycles. The topological polar surface area (TPSA) is 65.1 Å². The fourth-order valence-electron chi connectivity index (χ4n) is 2.87. The van der Waals surface area contributed by atoms with Crippen LogP contribution in [0.1, 0.15) is 12.0 Å². The Morgan fingerprint density at radius 2 is 2.14 bits per heavy atom. The van der Waals surface area contributed by atoms with Gasteiger partial charge >= 0.3 is 5.97 Å². The summed E-state index contributed by atoms with van der Waals surface area (Å²) in [7, 11) is 0. The maximum atomic E-state index is 12.2. The Labute approximate surface area is 120 Å². The summed E-state index contributed by atoms with van der Waals surface area (Å²) in [4.78, 5) is 25.2. The van der Waals surface area contributed by atoms with Crippen LogP contribution >= 0.6 is 0 Å². The normalized spacial score (nSPS) is 25.7. The van der Waals surface area contributed by atoms with Crippen LogP contribution in [0, 0.1) is 0 Å². The number of benzene rings is 1. The minimum absolute atomic E-state index is 0.134. The van der Waals surface area contributed by atoms with Crippen LogP contribution in [0.3, 0.4) is 0 Å². The molecule has 4 rings (SSSR count). The number of likely N-dealkylation sites (tertiary alicyclic amines) is 1. The molecule has 3 aliphatic rings. The zero-order valence-corrected chi connectivity index (χ0v) is 11.2. The summed E-state index contributed by atoms with van der Waals surface area (Å²) in [6, 6.07) is 5.06. The Bertz CT molecular complexity index is 653. The summed E-state index contributed by atoms with van der Waals surface area (Å²) in [5, 5.41) is 0. The van der Waals surface area contributed by atoms with E-state index in [1.807, 2.05) is 18.2 Å². The molecule has 0 unspecified atom stereocenters. The Morgan fingerprint density at radius 3 is 2.95 bits per heavy atom. The first-order chi connectivity index (χ1) is 10.2. The lowest BCUT2D eigenvalue weighted by Gasteiger charge is -2.24. The molecule has 3 heterocycles. The third-order valence-corrected chi connectivity index (χ3v) is 3.92. The van der Waals surface area contributed by atoms with Gasteiger partial charge < -0.3 is 19.1 Å². The number of esters is 1. The van der Waals surface area contributed by atoms with Gasteiger partial charge in [-0.3, -0.25) is 4.79 Å². The Morgan fingerprint density at radius 1 is 1.29 bits per heavy atom. The smallest absolute Gasteiger partial charge is 0.329 e. The largest absolute Gasteiger partial charge is 0.459 e. The monoisotopic (exact) mass is 287 g/mol. The molecule has 2 atom stereocenters. The van der Waals surface area contributed by atoms with Gasteiger partial charge in [-0.1, -0.05) is 6.07 Å². The van der Waals surface area contributed by atoms with Gasteiger partial charge in [0, 0.05) is 12.5 Å². The van der Waals surface area contributed by atoms with Crippen LogP contribution in [0.25, 0.3) is 6.08 Å². The van der Waals surface area contributed by atoms with Gasteiger partial charge in [-0.15, -0.1) is 0 Å². The lowest BCUT2D eigenvalue weighted by Crippen LogP contribution is -2.43. The first-order valence-corrected chi connectivity index (χ1v) is 6.79. The van der Waals surface area contributed by atoms with Crippen molar-refractivity contribution in [1.82, 2.24) is 4.90 Å². The highest BCUT2D eigenvalue weighted by molar-refractivity contribution is 5.96. The summed E-state index contributed by atoms with van der Waals surface area (Å²) in [5.74, 6) is 0.916. The average Bonchev–Trinajstić information content (AvgIpc) is 3.18. The van der Waals surface area contributed by atoms with Crippen LogP contribution in [-0.2, 0) is 14.3 Å². The van der Waals surface area contributed by atoms with E-state index in [1.54, 1.807) is 11.0 Å². The zero-order valence-electron chi connectivity index (χ0n) is 11.2. The molecule has 2 fully saturated rings. The van der Waals surface area contributed by atoms with E-state index in [1.165, 1.54) is 6.08 Å². The quantitative estimate of drug-likeness (QED) is 0.598. The summed E-state index contributed by atoms with van der Waals surface area (Å²) in [6.45, 7) is 0.709. The van der Waals surface area contributed by atoms with Crippen LogP contribution in [0.15, 0.2) is 24.3 Å². The van der Waals surface area contributed by atoms with E-state index in [4.69, 9.17) is 14.2 Å². The van der Waals surface area contributed by atoms with E-state index in [2.05, 4.69) is 0 Å². The summed E-state index contributed by atoms with van der Waals surface area (Å²) in [6.07, 6.45) is 3.67. The van der Waals surface area contributed by atoms with Gasteiger partial charge in [0.25, 0.3) is 0 Å². The predicted octanol–water partition coefficient (Wildman–Crippen LogP) is 0.955. The number of amides is 1. The van der Waals surface area contributed by atoms with Gasteiger partial charge in [-0.2, -0.15) is 0 Å². The van der Waals surface area contributed by atoms with Gasteiger partial charge in [0.1, 0.15) is 12.1 Å². The van der Waals surface area contributed by atoms with Crippen molar-refractivity contribution >= 4 is 18.0 Å². The number of morpholine rings is 1. The van der Waals surface area contributed by atoms with E-state index in [-0.39, 0.29) is 24.8 Å². The van der Waals surface area contributed by atoms with Gasteiger partial charge in [0.2, 0.25) is 12.7 Å². The minimum atomic E-state index is -0.413. The van der Waals surface area contributed by atoms with Gasteiger partial charge in [-0.05, 0) is 23.8 Å². The van der Waals surface area contributed by atoms with Crippen LogP contribution in [0.5, 0.6) is 11.5 Å².